The number of phenols is 1. The maximum atomic E-state index is 11.9. The predicted molar refractivity (Wildman–Crippen MR) is 109 cm³/mol. The summed E-state index contributed by atoms with van der Waals surface area (Å²) in [6.07, 6.45) is 1.42. The van der Waals surface area contributed by atoms with Gasteiger partial charge in [-0.2, -0.15) is 10.4 Å². The molecule has 0 fully saturated rings. The second kappa shape index (κ2) is 10.2. The quantitative estimate of drug-likeness (QED) is 0.435. The number of rotatable bonds is 7. The molecule has 0 atom stereocenters. The van der Waals surface area contributed by atoms with Crippen molar-refractivity contribution < 1.29 is 19.4 Å². The van der Waals surface area contributed by atoms with E-state index in [1.54, 1.807) is 19.1 Å². The molecule has 1 heterocycles. The maximum Gasteiger partial charge on any atom is 0.278 e. The van der Waals surface area contributed by atoms with Crippen molar-refractivity contribution in [3.63, 3.8) is 0 Å². The van der Waals surface area contributed by atoms with Crippen LogP contribution in [-0.2, 0) is 16.1 Å². The largest absolute Gasteiger partial charge is 0.507 e. The molecule has 0 saturated heterocycles. The van der Waals surface area contributed by atoms with Crippen molar-refractivity contribution in [1.29, 1.82) is 5.26 Å². The minimum absolute atomic E-state index is 0.0526. The van der Waals surface area contributed by atoms with Crippen molar-refractivity contribution in [2.24, 2.45) is 5.10 Å². The van der Waals surface area contributed by atoms with E-state index in [2.05, 4.69) is 47.4 Å². The number of nitriles is 1. The Balaban J connectivity index is 2.03. The number of phenolic OH excluding ortho intramolecular Hbond substituents is 1. The first kappa shape index (κ1) is 21.8. The summed E-state index contributed by atoms with van der Waals surface area (Å²) in [5, 5.41) is 22.7. The van der Waals surface area contributed by atoms with Crippen LogP contribution < -0.4 is 10.2 Å². The second-order valence-electron chi connectivity index (χ2n) is 5.51. The van der Waals surface area contributed by atoms with E-state index in [1.165, 1.54) is 19.4 Å². The minimum atomic E-state index is -0.520. The fraction of sp³-hybridized carbons (Fsp3) is 0.222. The van der Waals surface area contributed by atoms with Crippen molar-refractivity contribution in [1.82, 2.24) is 10.4 Å². The van der Waals surface area contributed by atoms with Gasteiger partial charge in [0.2, 0.25) is 5.88 Å². The lowest BCUT2D eigenvalue weighted by Crippen LogP contribution is -2.25. The van der Waals surface area contributed by atoms with Crippen LogP contribution in [0.2, 0.25) is 0 Å². The van der Waals surface area contributed by atoms with E-state index in [0.717, 1.165) is 0 Å². The van der Waals surface area contributed by atoms with E-state index in [0.29, 0.717) is 25.8 Å². The summed E-state index contributed by atoms with van der Waals surface area (Å²) >= 11 is 6.58. The number of hydrogen-bond donors (Lipinski definition) is 2. The van der Waals surface area contributed by atoms with Gasteiger partial charge >= 0.3 is 0 Å². The molecule has 28 heavy (non-hydrogen) atoms. The van der Waals surface area contributed by atoms with Crippen molar-refractivity contribution >= 4 is 44.0 Å². The Morgan fingerprint density at radius 1 is 1.46 bits per heavy atom. The third-order valence-corrected chi connectivity index (χ3v) is 5.17. The molecule has 0 bridgehead atoms. The third-order valence-electron chi connectivity index (χ3n) is 3.48. The number of amides is 1. The van der Waals surface area contributed by atoms with Gasteiger partial charge in [-0.05, 0) is 62.5 Å². The van der Waals surface area contributed by atoms with Crippen LogP contribution in [0.4, 0.5) is 0 Å². The number of aromatic hydroxyl groups is 1. The average Bonchev–Trinajstić information content (AvgIpc) is 2.67. The Morgan fingerprint density at radius 2 is 2.21 bits per heavy atom. The SMILES string of the molecule is COCc1c(Br)c(C)nc(OCC(=O)N/N=C/c2ccc(O)c(Br)c2)c1C#N. The van der Waals surface area contributed by atoms with Crippen LogP contribution in [-0.4, -0.2) is 35.9 Å². The van der Waals surface area contributed by atoms with Crippen LogP contribution in [0.5, 0.6) is 11.6 Å². The van der Waals surface area contributed by atoms with Crippen LogP contribution >= 0.6 is 31.9 Å². The normalized spacial score (nSPS) is 10.7. The van der Waals surface area contributed by atoms with Crippen LogP contribution in [0.3, 0.4) is 0 Å². The molecule has 1 aromatic heterocycles. The minimum Gasteiger partial charge on any atom is -0.507 e. The van der Waals surface area contributed by atoms with E-state index in [9.17, 15) is 15.2 Å². The molecular formula is C18H16Br2N4O4. The van der Waals surface area contributed by atoms with Gasteiger partial charge in [-0.1, -0.05) is 0 Å². The first-order valence-corrected chi connectivity index (χ1v) is 9.47. The Morgan fingerprint density at radius 3 is 2.86 bits per heavy atom. The molecule has 2 aromatic rings. The van der Waals surface area contributed by atoms with Gasteiger partial charge in [0, 0.05) is 17.1 Å². The molecule has 0 aliphatic heterocycles. The molecule has 0 unspecified atom stereocenters. The van der Waals surface area contributed by atoms with Crippen molar-refractivity contribution in [2.45, 2.75) is 13.5 Å². The molecular weight excluding hydrogens is 496 g/mol. The van der Waals surface area contributed by atoms with Gasteiger partial charge in [0.1, 0.15) is 17.4 Å². The number of carbonyl (C=O) groups is 1. The maximum absolute atomic E-state index is 11.9. The van der Waals surface area contributed by atoms with E-state index < -0.39 is 5.91 Å². The lowest BCUT2D eigenvalue weighted by atomic mass is 10.1. The lowest BCUT2D eigenvalue weighted by Gasteiger charge is -2.13. The number of ether oxygens (including phenoxy) is 2. The molecule has 8 nitrogen and oxygen atoms in total. The summed E-state index contributed by atoms with van der Waals surface area (Å²) in [6.45, 7) is 1.57. The summed E-state index contributed by atoms with van der Waals surface area (Å²) in [4.78, 5) is 16.2. The monoisotopic (exact) mass is 510 g/mol. The van der Waals surface area contributed by atoms with Gasteiger partial charge in [-0.25, -0.2) is 10.4 Å². The van der Waals surface area contributed by atoms with Gasteiger partial charge < -0.3 is 14.6 Å². The third kappa shape index (κ3) is 5.51. The van der Waals surface area contributed by atoms with E-state index in [-0.39, 0.29) is 30.4 Å². The zero-order valence-electron chi connectivity index (χ0n) is 15.0. The Hall–Kier alpha value is -2.48. The number of aryl methyl sites for hydroxylation is 1. The van der Waals surface area contributed by atoms with Crippen LogP contribution in [0.1, 0.15) is 22.4 Å². The van der Waals surface area contributed by atoms with Crippen molar-refractivity contribution in [3.8, 4) is 17.7 Å². The first-order chi connectivity index (χ1) is 13.4. The predicted octanol–water partition coefficient (Wildman–Crippen LogP) is 3.17. The Labute approximate surface area is 178 Å². The molecule has 0 aliphatic carbocycles. The number of pyridine rings is 1. The highest BCUT2D eigenvalue weighted by atomic mass is 79.9. The Kier molecular flexibility index (Phi) is 7.92. The number of hydrazone groups is 1. The summed E-state index contributed by atoms with van der Waals surface area (Å²) in [7, 11) is 1.52. The van der Waals surface area contributed by atoms with Crippen LogP contribution in [0, 0.1) is 18.3 Å². The molecule has 1 amide bonds. The molecule has 0 spiro atoms. The Bertz CT molecular complexity index is 958. The van der Waals surface area contributed by atoms with E-state index >= 15 is 0 Å². The number of nitrogens with zero attached hydrogens (tertiary/aromatic N) is 3. The zero-order chi connectivity index (χ0) is 20.7. The molecule has 146 valence electrons. The highest BCUT2D eigenvalue weighted by molar-refractivity contribution is 9.10. The average molecular weight is 512 g/mol. The topological polar surface area (TPSA) is 117 Å². The first-order valence-electron chi connectivity index (χ1n) is 7.88. The van der Waals surface area contributed by atoms with E-state index in [4.69, 9.17) is 9.47 Å². The molecule has 2 N–H and O–H groups in total. The number of hydrogen-bond acceptors (Lipinski definition) is 7. The van der Waals surface area contributed by atoms with Gasteiger partial charge in [-0.15, -0.1) is 0 Å². The van der Waals surface area contributed by atoms with Crippen LogP contribution in [0.25, 0.3) is 0 Å². The van der Waals surface area contributed by atoms with E-state index in [1.807, 2.05) is 6.07 Å². The fourth-order valence-corrected chi connectivity index (χ4v) is 2.96. The zero-order valence-corrected chi connectivity index (χ0v) is 18.2. The van der Waals surface area contributed by atoms with Crippen molar-refractivity contribution in [2.75, 3.05) is 13.7 Å². The number of methoxy groups -OCH3 is 1. The molecule has 1 aromatic carbocycles. The molecule has 0 saturated carbocycles. The number of nitrogens with one attached hydrogen (secondary N) is 1. The summed E-state index contributed by atoms with van der Waals surface area (Å²) < 4.78 is 11.7. The molecule has 0 radical (unpaired) electrons. The fourth-order valence-electron chi connectivity index (χ4n) is 2.16. The number of carbonyl (C=O) groups excluding carboxylic acids is 1. The second-order valence-corrected chi connectivity index (χ2v) is 7.15. The van der Waals surface area contributed by atoms with Gasteiger partial charge in [0.25, 0.3) is 5.91 Å². The van der Waals surface area contributed by atoms with Gasteiger partial charge in [-0.3, -0.25) is 4.79 Å². The smallest absolute Gasteiger partial charge is 0.278 e. The number of halogens is 2. The number of benzene rings is 1. The lowest BCUT2D eigenvalue weighted by molar-refractivity contribution is -0.123. The van der Waals surface area contributed by atoms with Crippen molar-refractivity contribution in [3.05, 3.63) is 49.5 Å². The molecule has 10 heteroatoms. The van der Waals surface area contributed by atoms with Gasteiger partial charge in [0.15, 0.2) is 6.61 Å². The molecule has 2 rings (SSSR count). The summed E-state index contributed by atoms with van der Waals surface area (Å²) in [5.41, 5.74) is 4.40. The summed E-state index contributed by atoms with van der Waals surface area (Å²) in [5.74, 6) is -0.362. The standard InChI is InChI=1S/C18H16Br2N4O4/c1-10-17(20)13(8-27-2)12(6-21)18(23-10)28-9-16(26)24-22-7-11-3-4-15(25)14(19)5-11/h3-5,7,25H,8-9H2,1-2H3,(H,24,26)/b22-7+. The van der Waals surface area contributed by atoms with Gasteiger partial charge in [0.05, 0.1) is 23.0 Å². The summed E-state index contributed by atoms with van der Waals surface area (Å²) in [6, 6.07) is 6.81. The highest BCUT2D eigenvalue weighted by Gasteiger charge is 2.18. The number of aromatic nitrogens is 1. The van der Waals surface area contributed by atoms with Crippen LogP contribution in [0.15, 0.2) is 32.2 Å². The highest BCUT2D eigenvalue weighted by Crippen LogP contribution is 2.30. The molecule has 0 aliphatic rings.